The quantitative estimate of drug-likeness (QED) is 0.381. The van der Waals surface area contributed by atoms with Crippen LogP contribution in [0.3, 0.4) is 0 Å². The number of nitrogens with zero attached hydrogens (tertiary/aromatic N) is 2. The van der Waals surface area contributed by atoms with Crippen LogP contribution in [-0.2, 0) is 14.4 Å². The van der Waals surface area contributed by atoms with Crippen LogP contribution in [0.1, 0.15) is 16.1 Å². The summed E-state index contributed by atoms with van der Waals surface area (Å²) in [6.45, 7) is 3.05. The number of ether oxygens (including phenoxy) is 2. The molecule has 1 amide bonds. The molecule has 2 N–H and O–H groups in total. The summed E-state index contributed by atoms with van der Waals surface area (Å²) in [6.07, 6.45) is 4.84. The Morgan fingerprint density at radius 3 is 2.27 bits per heavy atom. The van der Waals surface area contributed by atoms with E-state index in [4.69, 9.17) is 33.7 Å². The van der Waals surface area contributed by atoms with Crippen LogP contribution < -0.4 is 9.47 Å². The highest BCUT2D eigenvalue weighted by atomic mass is 16.7. The number of furan rings is 1. The number of hydrogen-bond donors (Lipinski definition) is 2. The summed E-state index contributed by atoms with van der Waals surface area (Å²) in [5.74, 6) is -1.93. The summed E-state index contributed by atoms with van der Waals surface area (Å²) in [5, 5.41) is 14.8. The Bertz CT molecular complexity index is 1030. The van der Waals surface area contributed by atoms with Gasteiger partial charge < -0.3 is 29.0 Å². The maximum atomic E-state index is 12.4. The molecule has 0 radical (unpaired) electrons. The van der Waals surface area contributed by atoms with Gasteiger partial charge in [-0.2, -0.15) is 0 Å². The third-order valence-corrected chi connectivity index (χ3v) is 4.85. The van der Waals surface area contributed by atoms with Crippen molar-refractivity contribution in [3.05, 3.63) is 54.0 Å². The normalized spacial score (nSPS) is 15.1. The van der Waals surface area contributed by atoms with E-state index >= 15 is 0 Å². The first kappa shape index (κ1) is 23.5. The zero-order valence-corrected chi connectivity index (χ0v) is 17.5. The minimum absolute atomic E-state index is 0.0373. The number of carbonyl (C=O) groups excluding carboxylic acids is 2. The lowest BCUT2D eigenvalue weighted by molar-refractivity contribution is -0.159. The zero-order chi connectivity index (χ0) is 23.8. The standard InChI is InChI=1S/C20H20N2O5.C2H2O4/c23-16(17-2-1-11-25-17)13-21-7-9-22(10-8-21)20(24)6-4-15-3-5-18-19(12-15)27-14-26-18;3-1(4)2(5)6/h1-6,11-12H,7-10,13-14H2;(H,3,4)(H,5,6). The number of Topliss-reactive ketones (excluding diaryl/α,β-unsaturated/α-hetero) is 1. The van der Waals surface area contributed by atoms with E-state index in [-0.39, 0.29) is 18.5 Å². The second kappa shape index (κ2) is 11.0. The molecule has 1 fully saturated rings. The Balaban J connectivity index is 0.000000454. The van der Waals surface area contributed by atoms with E-state index in [1.54, 1.807) is 29.2 Å². The summed E-state index contributed by atoms with van der Waals surface area (Å²) < 4.78 is 15.8. The largest absolute Gasteiger partial charge is 0.473 e. The van der Waals surface area contributed by atoms with Crippen LogP contribution in [0, 0.1) is 0 Å². The van der Waals surface area contributed by atoms with Crippen LogP contribution in [-0.4, -0.2) is 83.2 Å². The summed E-state index contributed by atoms with van der Waals surface area (Å²) in [7, 11) is 0. The molecule has 0 spiro atoms. The Labute approximate surface area is 188 Å². The second-order valence-corrected chi connectivity index (χ2v) is 7.06. The monoisotopic (exact) mass is 458 g/mol. The van der Waals surface area contributed by atoms with Crippen molar-refractivity contribution < 1.29 is 43.3 Å². The van der Waals surface area contributed by atoms with E-state index in [0.29, 0.717) is 44.2 Å². The molecule has 1 aromatic carbocycles. The fraction of sp³-hybridized carbons (Fsp3) is 0.273. The number of piperazine rings is 1. The zero-order valence-electron chi connectivity index (χ0n) is 17.5. The van der Waals surface area contributed by atoms with Gasteiger partial charge in [0.2, 0.25) is 18.5 Å². The molecule has 2 aliphatic heterocycles. The van der Waals surface area contributed by atoms with Gasteiger partial charge in [-0.25, -0.2) is 9.59 Å². The Kier molecular flexibility index (Phi) is 7.82. The number of carbonyl (C=O) groups is 4. The molecular formula is C22H22N2O9. The molecule has 33 heavy (non-hydrogen) atoms. The summed E-state index contributed by atoms with van der Waals surface area (Å²) in [5.41, 5.74) is 0.885. The van der Waals surface area contributed by atoms with Crippen molar-refractivity contribution in [3.8, 4) is 11.5 Å². The molecule has 0 bridgehead atoms. The third-order valence-electron chi connectivity index (χ3n) is 4.85. The highest BCUT2D eigenvalue weighted by molar-refractivity contribution is 6.27. The van der Waals surface area contributed by atoms with Gasteiger partial charge in [0.25, 0.3) is 0 Å². The predicted octanol–water partition coefficient (Wildman–Crippen LogP) is 1.20. The summed E-state index contributed by atoms with van der Waals surface area (Å²) in [6, 6.07) is 8.94. The average Bonchev–Trinajstić information content (AvgIpc) is 3.50. The van der Waals surface area contributed by atoms with Gasteiger partial charge in [-0.3, -0.25) is 14.5 Å². The minimum Gasteiger partial charge on any atom is -0.473 e. The van der Waals surface area contributed by atoms with Crippen LogP contribution in [0.2, 0.25) is 0 Å². The third kappa shape index (κ3) is 6.68. The highest BCUT2D eigenvalue weighted by Crippen LogP contribution is 2.32. The number of hydrogen-bond acceptors (Lipinski definition) is 8. The summed E-state index contributed by atoms with van der Waals surface area (Å²) >= 11 is 0. The van der Waals surface area contributed by atoms with Crippen molar-refractivity contribution in [2.24, 2.45) is 0 Å². The molecule has 2 aromatic rings. The smallest absolute Gasteiger partial charge is 0.414 e. The number of aliphatic carboxylic acids is 2. The molecule has 1 saturated heterocycles. The number of benzene rings is 1. The van der Waals surface area contributed by atoms with Crippen LogP contribution in [0.15, 0.2) is 47.1 Å². The number of ketones is 1. The SMILES string of the molecule is O=C(CN1CCN(C(=O)C=Cc2ccc3c(c2)OCO3)CC1)c1ccco1.O=C(O)C(=O)O. The number of rotatable bonds is 5. The molecular weight excluding hydrogens is 436 g/mol. The number of carboxylic acid groups (broad SMARTS) is 2. The van der Waals surface area contributed by atoms with Crippen molar-refractivity contribution in [1.82, 2.24) is 9.80 Å². The molecule has 11 nitrogen and oxygen atoms in total. The lowest BCUT2D eigenvalue weighted by Crippen LogP contribution is -2.49. The Morgan fingerprint density at radius 1 is 0.939 bits per heavy atom. The van der Waals surface area contributed by atoms with Crippen LogP contribution in [0.5, 0.6) is 11.5 Å². The maximum Gasteiger partial charge on any atom is 0.414 e. The van der Waals surface area contributed by atoms with Crippen molar-refractivity contribution in [2.75, 3.05) is 39.5 Å². The lowest BCUT2D eigenvalue weighted by Gasteiger charge is -2.33. The molecule has 0 atom stereocenters. The van der Waals surface area contributed by atoms with Crippen LogP contribution in [0.25, 0.3) is 6.08 Å². The first-order valence-corrected chi connectivity index (χ1v) is 9.95. The topological polar surface area (TPSA) is 147 Å². The van der Waals surface area contributed by atoms with Gasteiger partial charge >= 0.3 is 11.9 Å². The molecule has 0 aliphatic carbocycles. The van der Waals surface area contributed by atoms with Gasteiger partial charge in [0.1, 0.15) is 0 Å². The molecule has 2 aliphatic rings. The first-order chi connectivity index (χ1) is 15.8. The van der Waals surface area contributed by atoms with Crippen molar-refractivity contribution in [1.29, 1.82) is 0 Å². The molecule has 174 valence electrons. The van der Waals surface area contributed by atoms with E-state index in [2.05, 4.69) is 0 Å². The van der Waals surface area contributed by atoms with Crippen molar-refractivity contribution >= 4 is 29.7 Å². The van der Waals surface area contributed by atoms with Gasteiger partial charge in [-0.15, -0.1) is 0 Å². The first-order valence-electron chi connectivity index (χ1n) is 9.95. The second-order valence-electron chi connectivity index (χ2n) is 7.06. The average molecular weight is 458 g/mol. The van der Waals surface area contributed by atoms with E-state index < -0.39 is 11.9 Å². The number of fused-ring (bicyclic) bond motifs is 1. The molecule has 4 rings (SSSR count). The van der Waals surface area contributed by atoms with Gasteiger partial charge in [-0.1, -0.05) is 6.07 Å². The van der Waals surface area contributed by atoms with Gasteiger partial charge in [0.05, 0.1) is 12.8 Å². The Hall–Kier alpha value is -4.12. The highest BCUT2D eigenvalue weighted by Gasteiger charge is 2.22. The molecule has 0 unspecified atom stereocenters. The molecule has 3 heterocycles. The van der Waals surface area contributed by atoms with E-state index in [1.165, 1.54) is 6.26 Å². The van der Waals surface area contributed by atoms with Crippen LogP contribution in [0.4, 0.5) is 0 Å². The fourth-order valence-electron chi connectivity index (χ4n) is 3.13. The maximum absolute atomic E-state index is 12.4. The fourth-order valence-corrected chi connectivity index (χ4v) is 3.13. The van der Waals surface area contributed by atoms with Gasteiger partial charge in [0.15, 0.2) is 17.3 Å². The molecule has 1 aromatic heterocycles. The van der Waals surface area contributed by atoms with Crippen LogP contribution >= 0.6 is 0 Å². The van der Waals surface area contributed by atoms with E-state index in [0.717, 1.165) is 11.3 Å². The number of amides is 1. The minimum atomic E-state index is -1.82. The van der Waals surface area contributed by atoms with Gasteiger partial charge in [0, 0.05) is 32.3 Å². The predicted molar refractivity (Wildman–Crippen MR) is 113 cm³/mol. The molecule has 11 heteroatoms. The van der Waals surface area contributed by atoms with Crippen molar-refractivity contribution in [2.45, 2.75) is 0 Å². The summed E-state index contributed by atoms with van der Waals surface area (Å²) in [4.78, 5) is 46.5. The van der Waals surface area contributed by atoms with E-state index in [9.17, 15) is 9.59 Å². The van der Waals surface area contributed by atoms with Gasteiger partial charge in [-0.05, 0) is 35.9 Å². The number of carboxylic acids is 2. The lowest BCUT2D eigenvalue weighted by atomic mass is 10.2. The molecule has 0 saturated carbocycles. The Morgan fingerprint density at radius 2 is 1.64 bits per heavy atom. The van der Waals surface area contributed by atoms with E-state index in [1.807, 2.05) is 23.1 Å². The van der Waals surface area contributed by atoms with Crippen molar-refractivity contribution in [3.63, 3.8) is 0 Å².